The van der Waals surface area contributed by atoms with Gasteiger partial charge in [0.1, 0.15) is 0 Å². The monoisotopic (exact) mass is 270 g/mol. The molecule has 1 aliphatic heterocycles. The van der Waals surface area contributed by atoms with Crippen molar-refractivity contribution in [3.8, 4) is 0 Å². The number of imidazole rings is 1. The van der Waals surface area contributed by atoms with Crippen molar-refractivity contribution in [2.24, 2.45) is 0 Å². The van der Waals surface area contributed by atoms with Crippen LogP contribution in [0, 0.1) is 11.6 Å². The number of hydrogen-bond acceptors (Lipinski definition) is 3. The van der Waals surface area contributed by atoms with Crippen molar-refractivity contribution in [1.29, 1.82) is 0 Å². The molecule has 3 rings (SSSR count). The summed E-state index contributed by atoms with van der Waals surface area (Å²) in [4.78, 5) is 7.28. The molecule has 0 radical (unpaired) electrons. The fraction of sp³-hybridized carbons (Fsp3) is 0.417. The fourth-order valence-electron chi connectivity index (χ4n) is 1.99. The van der Waals surface area contributed by atoms with Gasteiger partial charge in [-0.1, -0.05) is 11.8 Å². The lowest BCUT2D eigenvalue weighted by molar-refractivity contribution is 0.1000. The number of H-pyrrole nitrogens is 1. The number of hydrogen-bond donors (Lipinski definition) is 1. The van der Waals surface area contributed by atoms with Crippen LogP contribution < -0.4 is 0 Å². The van der Waals surface area contributed by atoms with Gasteiger partial charge in [-0.05, 0) is 12.8 Å². The smallest absolute Gasteiger partial charge is 0.166 e. The first-order chi connectivity index (χ1) is 8.72. The van der Waals surface area contributed by atoms with Gasteiger partial charge in [-0.3, -0.25) is 0 Å². The van der Waals surface area contributed by atoms with Gasteiger partial charge in [-0.2, -0.15) is 0 Å². The second-order valence-corrected chi connectivity index (χ2v) is 5.54. The second kappa shape index (κ2) is 4.85. The first kappa shape index (κ1) is 11.9. The van der Waals surface area contributed by atoms with Gasteiger partial charge >= 0.3 is 0 Å². The third-order valence-electron chi connectivity index (χ3n) is 2.95. The molecule has 1 saturated heterocycles. The third kappa shape index (κ3) is 2.35. The SMILES string of the molecule is Fc1cc2nc(SC3CCOCC3)[nH]c2cc1F. The summed E-state index contributed by atoms with van der Waals surface area (Å²) >= 11 is 1.61. The van der Waals surface area contributed by atoms with E-state index in [4.69, 9.17) is 4.74 Å². The molecule has 18 heavy (non-hydrogen) atoms. The molecule has 6 heteroatoms. The molecular weight excluding hydrogens is 258 g/mol. The number of ether oxygens (including phenoxy) is 1. The molecule has 2 aromatic rings. The Kier molecular flexibility index (Phi) is 3.22. The van der Waals surface area contributed by atoms with E-state index < -0.39 is 11.6 Å². The molecule has 1 aliphatic rings. The van der Waals surface area contributed by atoms with Crippen molar-refractivity contribution < 1.29 is 13.5 Å². The van der Waals surface area contributed by atoms with E-state index in [0.29, 0.717) is 21.4 Å². The zero-order chi connectivity index (χ0) is 12.5. The Morgan fingerprint density at radius 3 is 2.72 bits per heavy atom. The summed E-state index contributed by atoms with van der Waals surface area (Å²) in [5.74, 6) is -1.72. The van der Waals surface area contributed by atoms with E-state index in [1.54, 1.807) is 11.8 Å². The van der Waals surface area contributed by atoms with E-state index in [-0.39, 0.29) is 0 Å². The average molecular weight is 270 g/mol. The Labute approximate surface area is 107 Å². The number of benzene rings is 1. The van der Waals surface area contributed by atoms with Crippen LogP contribution in [-0.4, -0.2) is 28.4 Å². The average Bonchev–Trinajstić information content (AvgIpc) is 2.72. The van der Waals surface area contributed by atoms with E-state index in [1.165, 1.54) is 0 Å². The number of aromatic nitrogens is 2. The van der Waals surface area contributed by atoms with Crippen molar-refractivity contribution in [3.63, 3.8) is 0 Å². The van der Waals surface area contributed by atoms with E-state index in [0.717, 1.165) is 38.2 Å². The first-order valence-corrected chi connectivity index (χ1v) is 6.69. The molecule has 2 heterocycles. The maximum atomic E-state index is 13.1. The zero-order valence-electron chi connectivity index (χ0n) is 9.58. The third-order valence-corrected chi connectivity index (χ3v) is 4.17. The van der Waals surface area contributed by atoms with E-state index in [9.17, 15) is 8.78 Å². The van der Waals surface area contributed by atoms with Crippen LogP contribution in [0.2, 0.25) is 0 Å². The second-order valence-electron chi connectivity index (χ2n) is 4.26. The number of nitrogens with zero attached hydrogens (tertiary/aromatic N) is 1. The first-order valence-electron chi connectivity index (χ1n) is 5.81. The number of nitrogens with one attached hydrogen (secondary N) is 1. The minimum absolute atomic E-state index is 0.453. The lowest BCUT2D eigenvalue weighted by Crippen LogP contribution is -2.17. The van der Waals surface area contributed by atoms with E-state index >= 15 is 0 Å². The summed E-state index contributed by atoms with van der Waals surface area (Å²) in [7, 11) is 0. The predicted octanol–water partition coefficient (Wildman–Crippen LogP) is 3.11. The van der Waals surface area contributed by atoms with Gasteiger partial charge in [0, 0.05) is 30.6 Å². The molecule has 96 valence electrons. The molecule has 0 amide bonds. The minimum atomic E-state index is -0.864. The van der Waals surface area contributed by atoms with Crippen molar-refractivity contribution in [1.82, 2.24) is 9.97 Å². The lowest BCUT2D eigenvalue weighted by atomic mass is 10.2. The number of thioether (sulfide) groups is 1. The summed E-state index contributed by atoms with van der Waals surface area (Å²) in [5, 5.41) is 1.16. The highest BCUT2D eigenvalue weighted by Crippen LogP contribution is 2.29. The number of halogens is 2. The Morgan fingerprint density at radius 2 is 1.94 bits per heavy atom. The zero-order valence-corrected chi connectivity index (χ0v) is 10.4. The predicted molar refractivity (Wildman–Crippen MR) is 65.7 cm³/mol. The molecule has 0 bridgehead atoms. The van der Waals surface area contributed by atoms with Gasteiger partial charge in [-0.15, -0.1) is 0 Å². The normalized spacial score (nSPS) is 17.4. The highest BCUT2D eigenvalue weighted by atomic mass is 32.2. The van der Waals surface area contributed by atoms with Crippen LogP contribution in [0.3, 0.4) is 0 Å². The number of rotatable bonds is 2. The highest BCUT2D eigenvalue weighted by Gasteiger charge is 2.17. The summed E-state index contributed by atoms with van der Waals surface area (Å²) in [6.45, 7) is 1.53. The summed E-state index contributed by atoms with van der Waals surface area (Å²) < 4.78 is 31.4. The van der Waals surface area contributed by atoms with E-state index in [1.807, 2.05) is 0 Å². The molecule has 3 nitrogen and oxygen atoms in total. The molecule has 0 saturated carbocycles. The summed E-state index contributed by atoms with van der Waals surface area (Å²) in [6, 6.07) is 2.26. The number of aromatic amines is 1. The van der Waals surface area contributed by atoms with Gasteiger partial charge in [0.2, 0.25) is 0 Å². The largest absolute Gasteiger partial charge is 0.381 e. The summed E-state index contributed by atoms with van der Waals surface area (Å²) in [6.07, 6.45) is 1.95. The van der Waals surface area contributed by atoms with Crippen LogP contribution in [0.1, 0.15) is 12.8 Å². The van der Waals surface area contributed by atoms with Crippen molar-refractivity contribution in [2.45, 2.75) is 23.2 Å². The molecule has 1 fully saturated rings. The van der Waals surface area contributed by atoms with Crippen LogP contribution in [0.5, 0.6) is 0 Å². The van der Waals surface area contributed by atoms with Crippen LogP contribution in [-0.2, 0) is 4.74 Å². The molecule has 0 unspecified atom stereocenters. The minimum Gasteiger partial charge on any atom is -0.381 e. The van der Waals surface area contributed by atoms with E-state index in [2.05, 4.69) is 9.97 Å². The topological polar surface area (TPSA) is 37.9 Å². The Morgan fingerprint density at radius 1 is 1.22 bits per heavy atom. The lowest BCUT2D eigenvalue weighted by Gasteiger charge is -2.20. The van der Waals surface area contributed by atoms with Gasteiger partial charge in [0.25, 0.3) is 0 Å². The molecule has 1 aromatic carbocycles. The van der Waals surface area contributed by atoms with Gasteiger partial charge in [0.05, 0.1) is 11.0 Å². The molecule has 0 aliphatic carbocycles. The van der Waals surface area contributed by atoms with Crippen molar-refractivity contribution >= 4 is 22.8 Å². The van der Waals surface area contributed by atoms with Gasteiger partial charge in [-0.25, -0.2) is 13.8 Å². The van der Waals surface area contributed by atoms with Crippen LogP contribution in [0.25, 0.3) is 11.0 Å². The van der Waals surface area contributed by atoms with Crippen LogP contribution in [0.15, 0.2) is 17.3 Å². The number of fused-ring (bicyclic) bond motifs is 1. The molecule has 0 atom stereocenters. The quantitative estimate of drug-likeness (QED) is 0.911. The molecule has 1 aromatic heterocycles. The molecule has 0 spiro atoms. The van der Waals surface area contributed by atoms with Crippen molar-refractivity contribution in [2.75, 3.05) is 13.2 Å². The highest BCUT2D eigenvalue weighted by molar-refractivity contribution is 7.99. The fourth-order valence-corrected chi connectivity index (χ4v) is 3.05. The Hall–Kier alpha value is -1.14. The van der Waals surface area contributed by atoms with Crippen LogP contribution >= 0.6 is 11.8 Å². The maximum Gasteiger partial charge on any atom is 0.166 e. The summed E-state index contributed by atoms with van der Waals surface area (Å²) in [5.41, 5.74) is 0.993. The Balaban J connectivity index is 1.84. The van der Waals surface area contributed by atoms with Gasteiger partial charge in [0.15, 0.2) is 16.8 Å². The molecule has 1 N–H and O–H groups in total. The van der Waals surface area contributed by atoms with Crippen LogP contribution in [0.4, 0.5) is 8.78 Å². The molecular formula is C12H12F2N2OS. The Bertz CT molecular complexity index is 527. The van der Waals surface area contributed by atoms with Gasteiger partial charge < -0.3 is 9.72 Å². The standard InChI is InChI=1S/C12H12F2N2OS/c13-8-5-10-11(6-9(8)14)16-12(15-10)18-7-1-3-17-4-2-7/h5-7H,1-4H2,(H,15,16). The maximum absolute atomic E-state index is 13.1. The van der Waals surface area contributed by atoms with Crippen molar-refractivity contribution in [3.05, 3.63) is 23.8 Å².